The van der Waals surface area contributed by atoms with Crippen molar-refractivity contribution in [2.24, 2.45) is 5.92 Å². The van der Waals surface area contributed by atoms with E-state index in [0.717, 1.165) is 17.5 Å². The molecule has 20 heavy (non-hydrogen) atoms. The average Bonchev–Trinajstić information content (AvgIpc) is 2.43. The van der Waals surface area contributed by atoms with E-state index in [-0.39, 0.29) is 11.7 Å². The molecule has 5 nitrogen and oxygen atoms in total. The first kappa shape index (κ1) is 14.4. The summed E-state index contributed by atoms with van der Waals surface area (Å²) in [6.07, 6.45) is 0.400. The Morgan fingerprint density at radius 2 is 2.10 bits per heavy atom. The largest absolute Gasteiger partial charge is 0.478 e. The molecule has 0 spiro atoms. The highest BCUT2D eigenvalue weighted by Crippen LogP contribution is 2.21. The fourth-order valence-electron chi connectivity index (χ4n) is 2.18. The second kappa shape index (κ2) is 5.94. The lowest BCUT2D eigenvalue weighted by Crippen LogP contribution is -2.37. The Balaban J connectivity index is 2.07. The third kappa shape index (κ3) is 3.29. The molecule has 0 aromatic heterocycles. The first-order valence-electron chi connectivity index (χ1n) is 6.74. The lowest BCUT2D eigenvalue weighted by atomic mass is 9.97. The van der Waals surface area contributed by atoms with Crippen LogP contribution in [0, 0.1) is 5.92 Å². The second-order valence-electron chi connectivity index (χ2n) is 5.43. The van der Waals surface area contributed by atoms with E-state index >= 15 is 0 Å². The van der Waals surface area contributed by atoms with E-state index in [0.29, 0.717) is 25.6 Å². The maximum atomic E-state index is 11.9. The second-order valence-corrected chi connectivity index (χ2v) is 5.43. The summed E-state index contributed by atoms with van der Waals surface area (Å²) in [4.78, 5) is 24.5. The van der Waals surface area contributed by atoms with E-state index in [9.17, 15) is 9.59 Å². The topological polar surface area (TPSA) is 66.8 Å². The molecule has 0 bridgehead atoms. The number of hydrogen-bond acceptors (Lipinski definition) is 3. The number of hydrogen-bond donors (Lipinski definition) is 1. The number of ether oxygens (including phenoxy) is 1. The molecule has 0 saturated heterocycles. The summed E-state index contributed by atoms with van der Waals surface area (Å²) in [5, 5.41) is 9.00. The van der Waals surface area contributed by atoms with Gasteiger partial charge in [-0.1, -0.05) is 19.9 Å². The maximum absolute atomic E-state index is 11.9. The van der Waals surface area contributed by atoms with Crippen LogP contribution in [0.5, 0.6) is 0 Å². The van der Waals surface area contributed by atoms with Crippen molar-refractivity contribution in [2.45, 2.75) is 26.8 Å². The van der Waals surface area contributed by atoms with Crippen LogP contribution in [0.1, 0.15) is 35.3 Å². The molecular weight excluding hydrogens is 258 g/mol. The van der Waals surface area contributed by atoms with Gasteiger partial charge < -0.3 is 14.7 Å². The minimum atomic E-state index is -0.952. The number of nitrogens with zero attached hydrogens (tertiary/aromatic N) is 1. The molecule has 0 radical (unpaired) electrons. The summed E-state index contributed by atoms with van der Waals surface area (Å²) >= 11 is 0. The third-order valence-electron chi connectivity index (χ3n) is 3.26. The molecule has 0 aliphatic carbocycles. The number of benzene rings is 1. The highest BCUT2D eigenvalue weighted by molar-refractivity contribution is 5.88. The van der Waals surface area contributed by atoms with Crippen LogP contribution in [0.3, 0.4) is 0 Å². The van der Waals surface area contributed by atoms with Crippen LogP contribution < -0.4 is 0 Å². The first-order valence-corrected chi connectivity index (χ1v) is 6.74. The Hall–Kier alpha value is -2.04. The predicted molar refractivity (Wildman–Crippen MR) is 73.7 cm³/mol. The monoisotopic (exact) mass is 277 g/mol. The molecule has 5 heteroatoms. The van der Waals surface area contributed by atoms with E-state index in [1.807, 2.05) is 19.9 Å². The number of aromatic carboxylic acids is 1. The fraction of sp³-hybridized carbons (Fsp3) is 0.467. The normalized spacial score (nSPS) is 14.1. The number of fused-ring (bicyclic) bond motifs is 1. The molecule has 1 aromatic carbocycles. The van der Waals surface area contributed by atoms with Crippen molar-refractivity contribution in [3.8, 4) is 0 Å². The SMILES string of the molecule is CC(C)COC(=O)N1CCc2ccc(C(=O)O)cc2C1. The van der Waals surface area contributed by atoms with Crippen molar-refractivity contribution >= 4 is 12.1 Å². The summed E-state index contributed by atoms with van der Waals surface area (Å²) in [5.41, 5.74) is 2.24. The van der Waals surface area contributed by atoms with Crippen LogP contribution in [-0.2, 0) is 17.7 Å². The van der Waals surface area contributed by atoms with Gasteiger partial charge in [0.1, 0.15) is 0 Å². The zero-order chi connectivity index (χ0) is 14.7. The van der Waals surface area contributed by atoms with Gasteiger partial charge in [0.25, 0.3) is 0 Å². The molecule has 1 N–H and O–H groups in total. The van der Waals surface area contributed by atoms with E-state index in [1.165, 1.54) is 0 Å². The minimum absolute atomic E-state index is 0.251. The molecular formula is C15H19NO4. The number of carbonyl (C=O) groups excluding carboxylic acids is 1. The molecule has 1 heterocycles. The number of amides is 1. The smallest absolute Gasteiger partial charge is 0.410 e. The lowest BCUT2D eigenvalue weighted by Gasteiger charge is -2.28. The Morgan fingerprint density at radius 1 is 1.35 bits per heavy atom. The molecule has 0 saturated carbocycles. The van der Waals surface area contributed by atoms with Gasteiger partial charge in [0, 0.05) is 13.1 Å². The van der Waals surface area contributed by atoms with Crippen LogP contribution >= 0.6 is 0 Å². The Labute approximate surface area is 118 Å². The number of carboxylic acids is 1. The van der Waals surface area contributed by atoms with Crippen LogP contribution in [0.25, 0.3) is 0 Å². The van der Waals surface area contributed by atoms with Crippen LogP contribution in [0.2, 0.25) is 0 Å². The predicted octanol–water partition coefficient (Wildman–Crippen LogP) is 2.54. The molecule has 0 atom stereocenters. The molecule has 1 aliphatic heterocycles. The average molecular weight is 277 g/mol. The number of carbonyl (C=O) groups is 2. The molecule has 2 rings (SSSR count). The highest BCUT2D eigenvalue weighted by Gasteiger charge is 2.22. The standard InChI is InChI=1S/C15H19NO4/c1-10(2)9-20-15(19)16-6-5-11-3-4-12(14(17)18)7-13(11)8-16/h3-4,7,10H,5-6,8-9H2,1-2H3,(H,17,18). The summed E-state index contributed by atoms with van der Waals surface area (Å²) in [7, 11) is 0. The zero-order valence-corrected chi connectivity index (χ0v) is 11.8. The summed E-state index contributed by atoms with van der Waals surface area (Å²) in [6.45, 7) is 5.39. The maximum Gasteiger partial charge on any atom is 0.410 e. The minimum Gasteiger partial charge on any atom is -0.478 e. The first-order chi connectivity index (χ1) is 9.47. The van der Waals surface area contributed by atoms with Gasteiger partial charge in [-0.2, -0.15) is 0 Å². The van der Waals surface area contributed by atoms with E-state index in [2.05, 4.69) is 0 Å². The van der Waals surface area contributed by atoms with Gasteiger partial charge in [-0.15, -0.1) is 0 Å². The molecule has 1 aliphatic rings. The van der Waals surface area contributed by atoms with Gasteiger partial charge in [0.15, 0.2) is 0 Å². The zero-order valence-electron chi connectivity index (χ0n) is 11.8. The number of rotatable bonds is 3. The van der Waals surface area contributed by atoms with Crippen molar-refractivity contribution < 1.29 is 19.4 Å². The molecule has 108 valence electrons. The van der Waals surface area contributed by atoms with Crippen molar-refractivity contribution in [3.05, 3.63) is 34.9 Å². The van der Waals surface area contributed by atoms with Crippen LogP contribution in [0.15, 0.2) is 18.2 Å². The van der Waals surface area contributed by atoms with Crippen molar-refractivity contribution in [1.29, 1.82) is 0 Å². The van der Waals surface area contributed by atoms with E-state index in [1.54, 1.807) is 17.0 Å². The van der Waals surface area contributed by atoms with Gasteiger partial charge in [-0.05, 0) is 35.6 Å². The highest BCUT2D eigenvalue weighted by atomic mass is 16.6. The molecule has 0 unspecified atom stereocenters. The number of carboxylic acid groups (broad SMARTS) is 1. The Kier molecular flexibility index (Phi) is 4.27. The van der Waals surface area contributed by atoms with Crippen LogP contribution in [0.4, 0.5) is 4.79 Å². The molecule has 1 amide bonds. The van der Waals surface area contributed by atoms with Gasteiger partial charge >= 0.3 is 12.1 Å². The van der Waals surface area contributed by atoms with E-state index in [4.69, 9.17) is 9.84 Å². The van der Waals surface area contributed by atoms with Gasteiger partial charge in [-0.3, -0.25) is 0 Å². The quantitative estimate of drug-likeness (QED) is 0.922. The summed E-state index contributed by atoms with van der Waals surface area (Å²) in [6, 6.07) is 5.07. The van der Waals surface area contributed by atoms with Crippen molar-refractivity contribution in [3.63, 3.8) is 0 Å². The van der Waals surface area contributed by atoms with Crippen LogP contribution in [-0.4, -0.2) is 35.2 Å². The Bertz CT molecular complexity index is 525. The lowest BCUT2D eigenvalue weighted by molar-refractivity contribution is 0.0696. The fourth-order valence-corrected chi connectivity index (χ4v) is 2.18. The van der Waals surface area contributed by atoms with Gasteiger partial charge in [0.05, 0.1) is 12.2 Å². The Morgan fingerprint density at radius 3 is 2.75 bits per heavy atom. The summed E-state index contributed by atoms with van der Waals surface area (Å²) < 4.78 is 5.21. The summed E-state index contributed by atoms with van der Waals surface area (Å²) in [5.74, 6) is -0.651. The molecule has 0 fully saturated rings. The third-order valence-corrected chi connectivity index (χ3v) is 3.26. The van der Waals surface area contributed by atoms with Gasteiger partial charge in [-0.25, -0.2) is 9.59 Å². The van der Waals surface area contributed by atoms with Crippen molar-refractivity contribution in [1.82, 2.24) is 4.90 Å². The van der Waals surface area contributed by atoms with Gasteiger partial charge in [0.2, 0.25) is 0 Å². The van der Waals surface area contributed by atoms with Crippen molar-refractivity contribution in [2.75, 3.05) is 13.2 Å². The molecule has 1 aromatic rings. The van der Waals surface area contributed by atoms with E-state index < -0.39 is 5.97 Å².